The maximum atomic E-state index is 12.0. The lowest BCUT2D eigenvalue weighted by molar-refractivity contribution is 0.0258. The number of aromatic nitrogens is 1. The summed E-state index contributed by atoms with van der Waals surface area (Å²) in [6.45, 7) is 10.6. The molecule has 0 radical (unpaired) electrons. The van der Waals surface area contributed by atoms with Gasteiger partial charge in [0, 0.05) is 36.5 Å². The molecule has 1 aromatic heterocycles. The SMILES string of the molecule is CCN(CCCNCc1cncc(Br)c1)C(=O)OC(C)(C)C. The van der Waals surface area contributed by atoms with Crippen LogP contribution in [0.5, 0.6) is 0 Å². The molecule has 124 valence electrons. The third-order valence-corrected chi connectivity index (χ3v) is 3.34. The highest BCUT2D eigenvalue weighted by Crippen LogP contribution is 2.10. The molecule has 0 saturated carbocycles. The van der Waals surface area contributed by atoms with Crippen LogP contribution >= 0.6 is 15.9 Å². The summed E-state index contributed by atoms with van der Waals surface area (Å²) in [5.41, 5.74) is 0.685. The lowest BCUT2D eigenvalue weighted by Crippen LogP contribution is -2.38. The average Bonchev–Trinajstić information content (AvgIpc) is 2.40. The van der Waals surface area contributed by atoms with E-state index in [4.69, 9.17) is 4.74 Å². The van der Waals surface area contributed by atoms with Crippen LogP contribution in [-0.4, -0.2) is 41.2 Å². The second-order valence-corrected chi connectivity index (χ2v) is 7.02. The Hall–Kier alpha value is -1.14. The van der Waals surface area contributed by atoms with E-state index in [1.54, 1.807) is 11.1 Å². The van der Waals surface area contributed by atoms with Gasteiger partial charge in [-0.1, -0.05) is 0 Å². The van der Waals surface area contributed by atoms with Gasteiger partial charge in [0.1, 0.15) is 5.60 Å². The third-order valence-electron chi connectivity index (χ3n) is 2.91. The highest BCUT2D eigenvalue weighted by Gasteiger charge is 2.20. The van der Waals surface area contributed by atoms with Crippen LogP contribution in [0.4, 0.5) is 4.79 Å². The van der Waals surface area contributed by atoms with Crippen LogP contribution in [0.25, 0.3) is 0 Å². The lowest BCUT2D eigenvalue weighted by atomic mass is 10.2. The highest BCUT2D eigenvalue weighted by atomic mass is 79.9. The van der Waals surface area contributed by atoms with Crippen LogP contribution in [0.3, 0.4) is 0 Å². The number of nitrogens with one attached hydrogen (secondary N) is 1. The second-order valence-electron chi connectivity index (χ2n) is 6.10. The zero-order valence-electron chi connectivity index (χ0n) is 13.9. The van der Waals surface area contributed by atoms with Crippen LogP contribution < -0.4 is 5.32 Å². The number of carbonyl (C=O) groups excluding carboxylic acids is 1. The van der Waals surface area contributed by atoms with E-state index in [0.717, 1.165) is 29.5 Å². The molecule has 0 unspecified atom stereocenters. The number of carbonyl (C=O) groups is 1. The Kier molecular flexibility index (Phi) is 7.82. The Morgan fingerprint density at radius 3 is 2.73 bits per heavy atom. The fraction of sp³-hybridized carbons (Fsp3) is 0.625. The first-order valence-corrected chi connectivity index (χ1v) is 8.39. The topological polar surface area (TPSA) is 54.5 Å². The summed E-state index contributed by atoms with van der Waals surface area (Å²) >= 11 is 3.40. The van der Waals surface area contributed by atoms with Crippen molar-refractivity contribution in [2.45, 2.75) is 46.3 Å². The number of hydrogen-bond donors (Lipinski definition) is 1. The number of rotatable bonds is 7. The van der Waals surface area contributed by atoms with E-state index >= 15 is 0 Å². The Morgan fingerprint density at radius 1 is 1.41 bits per heavy atom. The lowest BCUT2D eigenvalue weighted by Gasteiger charge is -2.26. The molecule has 1 aromatic rings. The van der Waals surface area contributed by atoms with Gasteiger partial charge in [0.25, 0.3) is 0 Å². The van der Waals surface area contributed by atoms with Gasteiger partial charge in [-0.05, 0) is 68.2 Å². The molecule has 1 rings (SSSR count). The smallest absolute Gasteiger partial charge is 0.410 e. The second kappa shape index (κ2) is 9.10. The minimum absolute atomic E-state index is 0.244. The molecule has 1 heterocycles. The molecular formula is C16H26BrN3O2. The van der Waals surface area contributed by atoms with Crippen molar-refractivity contribution >= 4 is 22.0 Å². The van der Waals surface area contributed by atoms with Crippen molar-refractivity contribution < 1.29 is 9.53 Å². The molecule has 1 N–H and O–H groups in total. The molecule has 0 aliphatic carbocycles. The number of nitrogens with zero attached hydrogens (tertiary/aromatic N) is 2. The first-order valence-electron chi connectivity index (χ1n) is 7.60. The highest BCUT2D eigenvalue weighted by molar-refractivity contribution is 9.10. The van der Waals surface area contributed by atoms with Crippen molar-refractivity contribution in [3.05, 3.63) is 28.5 Å². The molecule has 0 aromatic carbocycles. The van der Waals surface area contributed by atoms with Crippen molar-refractivity contribution in [3.63, 3.8) is 0 Å². The van der Waals surface area contributed by atoms with Crippen LogP contribution in [-0.2, 0) is 11.3 Å². The van der Waals surface area contributed by atoms with E-state index in [2.05, 4.69) is 26.2 Å². The van der Waals surface area contributed by atoms with Gasteiger partial charge in [-0.2, -0.15) is 0 Å². The average molecular weight is 372 g/mol. The number of ether oxygens (including phenoxy) is 1. The molecule has 0 bridgehead atoms. The molecular weight excluding hydrogens is 346 g/mol. The minimum atomic E-state index is -0.448. The van der Waals surface area contributed by atoms with E-state index < -0.39 is 5.60 Å². The maximum Gasteiger partial charge on any atom is 0.410 e. The summed E-state index contributed by atoms with van der Waals surface area (Å²) < 4.78 is 6.36. The maximum absolute atomic E-state index is 12.0. The van der Waals surface area contributed by atoms with Gasteiger partial charge >= 0.3 is 6.09 Å². The Balaban J connectivity index is 2.25. The summed E-state index contributed by atoms with van der Waals surface area (Å²) in [4.78, 5) is 17.8. The molecule has 0 spiro atoms. The quantitative estimate of drug-likeness (QED) is 0.744. The summed E-state index contributed by atoms with van der Waals surface area (Å²) in [6, 6.07) is 2.04. The molecule has 22 heavy (non-hydrogen) atoms. The summed E-state index contributed by atoms with van der Waals surface area (Å²) in [6.07, 6.45) is 4.25. The molecule has 0 saturated heterocycles. The van der Waals surface area contributed by atoms with E-state index in [9.17, 15) is 4.79 Å². The predicted molar refractivity (Wildman–Crippen MR) is 91.7 cm³/mol. The van der Waals surface area contributed by atoms with Gasteiger partial charge in [0.05, 0.1) is 0 Å². The van der Waals surface area contributed by atoms with E-state index in [-0.39, 0.29) is 6.09 Å². The fourth-order valence-electron chi connectivity index (χ4n) is 1.89. The summed E-state index contributed by atoms with van der Waals surface area (Å²) in [7, 11) is 0. The minimum Gasteiger partial charge on any atom is -0.444 e. The zero-order valence-corrected chi connectivity index (χ0v) is 15.4. The molecule has 0 aliphatic rings. The molecule has 0 fully saturated rings. The van der Waals surface area contributed by atoms with Crippen molar-refractivity contribution in [2.75, 3.05) is 19.6 Å². The standard InChI is InChI=1S/C16H26BrN3O2/c1-5-20(15(21)22-16(2,3)4)8-6-7-18-10-13-9-14(17)12-19-11-13/h9,11-12,18H,5-8,10H2,1-4H3. The van der Waals surface area contributed by atoms with Crippen molar-refractivity contribution in [2.24, 2.45) is 0 Å². The van der Waals surface area contributed by atoms with Crippen LogP contribution in [0, 0.1) is 0 Å². The normalized spacial score (nSPS) is 11.3. The van der Waals surface area contributed by atoms with Crippen LogP contribution in [0.2, 0.25) is 0 Å². The van der Waals surface area contributed by atoms with E-state index in [1.165, 1.54) is 0 Å². The number of hydrogen-bond acceptors (Lipinski definition) is 4. The van der Waals surface area contributed by atoms with Gasteiger partial charge in [-0.15, -0.1) is 0 Å². The van der Waals surface area contributed by atoms with E-state index in [1.807, 2.05) is 40.0 Å². The van der Waals surface area contributed by atoms with Crippen molar-refractivity contribution in [1.29, 1.82) is 0 Å². The third kappa shape index (κ3) is 7.75. The zero-order chi connectivity index (χ0) is 16.6. The Bertz CT molecular complexity index is 475. The first kappa shape index (κ1) is 18.9. The van der Waals surface area contributed by atoms with Gasteiger partial charge in [0.2, 0.25) is 0 Å². The monoisotopic (exact) mass is 371 g/mol. The molecule has 0 aliphatic heterocycles. The van der Waals surface area contributed by atoms with Crippen LogP contribution in [0.1, 0.15) is 39.7 Å². The first-order chi connectivity index (χ1) is 10.3. The predicted octanol–water partition coefficient (Wildman–Crippen LogP) is 3.58. The molecule has 1 amide bonds. The van der Waals surface area contributed by atoms with Gasteiger partial charge in [-0.3, -0.25) is 4.98 Å². The summed E-state index contributed by atoms with van der Waals surface area (Å²) in [5.74, 6) is 0. The molecule has 5 nitrogen and oxygen atoms in total. The largest absolute Gasteiger partial charge is 0.444 e. The van der Waals surface area contributed by atoms with Gasteiger partial charge < -0.3 is 15.0 Å². The van der Waals surface area contributed by atoms with Crippen molar-refractivity contribution in [3.8, 4) is 0 Å². The number of halogens is 1. The summed E-state index contributed by atoms with van der Waals surface area (Å²) in [5, 5.41) is 3.36. The Labute approximate surface area is 141 Å². The van der Waals surface area contributed by atoms with Crippen LogP contribution in [0.15, 0.2) is 22.9 Å². The number of amides is 1. The van der Waals surface area contributed by atoms with Gasteiger partial charge in [-0.25, -0.2) is 4.79 Å². The number of pyridine rings is 1. The fourth-order valence-corrected chi connectivity index (χ4v) is 2.30. The Morgan fingerprint density at radius 2 is 2.14 bits per heavy atom. The molecule has 6 heteroatoms. The molecule has 0 atom stereocenters. The van der Waals surface area contributed by atoms with Crippen molar-refractivity contribution in [1.82, 2.24) is 15.2 Å². The van der Waals surface area contributed by atoms with E-state index in [0.29, 0.717) is 13.1 Å². The van der Waals surface area contributed by atoms with Gasteiger partial charge in [0.15, 0.2) is 0 Å².